The number of rotatable bonds is 5. The molecule has 0 aliphatic rings. The van der Waals surface area contributed by atoms with Gasteiger partial charge in [-0.15, -0.1) is 0 Å². The maximum absolute atomic E-state index is 2.20. The van der Waals surface area contributed by atoms with E-state index in [4.69, 9.17) is 0 Å². The lowest BCUT2D eigenvalue weighted by Gasteiger charge is -2.07. The van der Waals surface area contributed by atoms with Crippen molar-refractivity contribution in [2.75, 3.05) is 0 Å². The third-order valence-corrected chi connectivity index (χ3v) is 7.97. The van der Waals surface area contributed by atoms with Gasteiger partial charge in [-0.25, -0.2) is 0 Å². The molecule has 0 radical (unpaired) electrons. The highest BCUT2D eigenvalue weighted by molar-refractivity contribution is 5.74. The normalized spacial score (nSPS) is 10.5. The van der Waals surface area contributed by atoms with Gasteiger partial charge >= 0.3 is 0 Å². The van der Waals surface area contributed by atoms with Gasteiger partial charge in [0.05, 0.1) is 0 Å². The Morgan fingerprint density at radius 1 is 0.182 bits per heavy atom. The molecule has 212 valence electrons. The quantitative estimate of drug-likeness (QED) is 0.195. The predicted molar refractivity (Wildman–Crippen MR) is 190 cm³/mol. The molecule has 0 saturated heterocycles. The molecule has 0 aliphatic carbocycles. The molecular weight excluding hydrogens is 528 g/mol. The van der Waals surface area contributed by atoms with Crippen molar-refractivity contribution in [3.8, 4) is 55.6 Å². The van der Waals surface area contributed by atoms with Crippen molar-refractivity contribution in [1.29, 1.82) is 0 Å². The summed E-state index contributed by atoms with van der Waals surface area (Å²) in [7, 11) is 0. The van der Waals surface area contributed by atoms with E-state index in [1.165, 1.54) is 66.8 Å². The van der Waals surface area contributed by atoms with Crippen LogP contribution in [0.2, 0.25) is 0 Å². The van der Waals surface area contributed by atoms with E-state index in [0.717, 1.165) is 0 Å². The topological polar surface area (TPSA) is 0 Å². The molecule has 0 nitrogen and oxygen atoms in total. The standard InChI is InChI=1S/C25H20.C19H16/c1-19-7-9-21(10-8-19)23-15-17-25(18-16-23)24-13-11-22(12-14-24)20-5-3-2-4-6-20;1-15-7-9-17(10-8-15)19-13-11-18(12-14-19)16-5-3-2-4-6-16/h2-18H,1H3;2-14H,1H3. The molecule has 0 heteroatoms. The van der Waals surface area contributed by atoms with Crippen molar-refractivity contribution in [2.24, 2.45) is 0 Å². The van der Waals surface area contributed by atoms with Crippen LogP contribution in [-0.2, 0) is 0 Å². The zero-order valence-electron chi connectivity index (χ0n) is 25.3. The summed E-state index contributed by atoms with van der Waals surface area (Å²) in [6, 6.07) is 64.6. The van der Waals surface area contributed by atoms with Crippen LogP contribution in [0.1, 0.15) is 11.1 Å². The molecule has 0 unspecified atom stereocenters. The lowest BCUT2D eigenvalue weighted by atomic mass is 9.98. The minimum atomic E-state index is 1.25. The van der Waals surface area contributed by atoms with Crippen LogP contribution in [0.25, 0.3) is 55.6 Å². The fraction of sp³-hybridized carbons (Fsp3) is 0.0455. The Morgan fingerprint density at radius 2 is 0.341 bits per heavy atom. The molecule has 7 aromatic rings. The molecule has 0 spiro atoms. The predicted octanol–water partition coefficient (Wildman–Crippen LogP) is 12.3. The molecule has 0 atom stereocenters. The molecule has 0 saturated carbocycles. The summed E-state index contributed by atoms with van der Waals surface area (Å²) in [6.45, 7) is 4.23. The zero-order chi connectivity index (χ0) is 30.1. The molecule has 0 amide bonds. The monoisotopic (exact) mass is 564 g/mol. The highest BCUT2D eigenvalue weighted by atomic mass is 14.1. The second-order valence-corrected chi connectivity index (χ2v) is 11.2. The van der Waals surface area contributed by atoms with Gasteiger partial charge in [-0.1, -0.05) is 193 Å². The van der Waals surface area contributed by atoms with Crippen LogP contribution in [0.4, 0.5) is 0 Å². The third kappa shape index (κ3) is 7.12. The van der Waals surface area contributed by atoms with Crippen molar-refractivity contribution < 1.29 is 0 Å². The zero-order valence-corrected chi connectivity index (χ0v) is 25.3. The molecular formula is C44H36. The number of hydrogen-bond donors (Lipinski definition) is 0. The summed E-state index contributed by atoms with van der Waals surface area (Å²) in [4.78, 5) is 0. The molecule has 0 heterocycles. The Morgan fingerprint density at radius 3 is 0.545 bits per heavy atom. The van der Waals surface area contributed by atoms with E-state index < -0.39 is 0 Å². The van der Waals surface area contributed by atoms with E-state index in [1.807, 2.05) is 12.1 Å². The smallest absolute Gasteiger partial charge is 0.0184 e. The highest BCUT2D eigenvalue weighted by Crippen LogP contribution is 2.28. The molecule has 0 N–H and O–H groups in total. The van der Waals surface area contributed by atoms with E-state index in [-0.39, 0.29) is 0 Å². The van der Waals surface area contributed by atoms with Crippen LogP contribution >= 0.6 is 0 Å². The van der Waals surface area contributed by atoms with Crippen LogP contribution < -0.4 is 0 Å². The van der Waals surface area contributed by atoms with Crippen LogP contribution in [0.5, 0.6) is 0 Å². The molecule has 7 rings (SSSR count). The largest absolute Gasteiger partial charge is 0.0622 e. The van der Waals surface area contributed by atoms with E-state index >= 15 is 0 Å². The maximum atomic E-state index is 2.20. The maximum Gasteiger partial charge on any atom is -0.0184 e. The fourth-order valence-corrected chi connectivity index (χ4v) is 5.32. The van der Waals surface area contributed by atoms with Gasteiger partial charge in [0.2, 0.25) is 0 Å². The summed E-state index contributed by atoms with van der Waals surface area (Å²) < 4.78 is 0. The summed E-state index contributed by atoms with van der Waals surface area (Å²) in [5.74, 6) is 0. The number of benzene rings is 7. The average molecular weight is 565 g/mol. The second-order valence-electron chi connectivity index (χ2n) is 11.2. The van der Waals surface area contributed by atoms with Gasteiger partial charge in [0.15, 0.2) is 0 Å². The Labute approximate surface area is 262 Å². The van der Waals surface area contributed by atoms with Gasteiger partial charge in [-0.2, -0.15) is 0 Å². The van der Waals surface area contributed by atoms with E-state index in [9.17, 15) is 0 Å². The van der Waals surface area contributed by atoms with Crippen LogP contribution in [0, 0.1) is 13.8 Å². The summed E-state index contributed by atoms with van der Waals surface area (Å²) in [5, 5.41) is 0. The molecule has 44 heavy (non-hydrogen) atoms. The van der Waals surface area contributed by atoms with Crippen LogP contribution in [0.15, 0.2) is 182 Å². The summed E-state index contributed by atoms with van der Waals surface area (Å²) in [5.41, 5.74) is 15.2. The first kappa shape index (κ1) is 28.6. The molecule has 0 aliphatic heterocycles. The Balaban J connectivity index is 0.000000162. The molecule has 7 aromatic carbocycles. The Hall–Kier alpha value is -5.46. The minimum absolute atomic E-state index is 1.25. The van der Waals surface area contributed by atoms with Gasteiger partial charge in [0.1, 0.15) is 0 Å². The minimum Gasteiger partial charge on any atom is -0.0622 e. The van der Waals surface area contributed by atoms with Gasteiger partial charge in [0, 0.05) is 0 Å². The fourth-order valence-electron chi connectivity index (χ4n) is 5.32. The van der Waals surface area contributed by atoms with Gasteiger partial charge in [-0.05, 0) is 69.5 Å². The van der Waals surface area contributed by atoms with Gasteiger partial charge in [-0.3, -0.25) is 0 Å². The first-order chi connectivity index (χ1) is 21.6. The SMILES string of the molecule is Cc1ccc(-c2ccc(-c3ccc(-c4ccccc4)cc3)cc2)cc1.Cc1ccc(-c2ccc(-c3ccccc3)cc2)cc1. The van der Waals surface area contributed by atoms with Crippen molar-refractivity contribution in [3.63, 3.8) is 0 Å². The van der Waals surface area contributed by atoms with Crippen molar-refractivity contribution in [3.05, 3.63) is 193 Å². The Bertz CT molecular complexity index is 1880. The van der Waals surface area contributed by atoms with Crippen molar-refractivity contribution in [2.45, 2.75) is 13.8 Å². The Kier molecular flexibility index (Phi) is 8.90. The molecule has 0 aromatic heterocycles. The van der Waals surface area contributed by atoms with Crippen LogP contribution in [-0.4, -0.2) is 0 Å². The first-order valence-electron chi connectivity index (χ1n) is 15.2. The first-order valence-corrected chi connectivity index (χ1v) is 15.2. The second kappa shape index (κ2) is 13.7. The average Bonchev–Trinajstić information content (AvgIpc) is 3.10. The summed E-state index contributed by atoms with van der Waals surface area (Å²) in [6.07, 6.45) is 0. The van der Waals surface area contributed by atoms with Crippen LogP contribution in [0.3, 0.4) is 0 Å². The number of hydrogen-bond acceptors (Lipinski definition) is 0. The van der Waals surface area contributed by atoms with Crippen molar-refractivity contribution in [1.82, 2.24) is 0 Å². The highest BCUT2D eigenvalue weighted by Gasteiger charge is 2.03. The molecule has 0 fully saturated rings. The van der Waals surface area contributed by atoms with Gasteiger partial charge in [0.25, 0.3) is 0 Å². The van der Waals surface area contributed by atoms with E-state index in [1.54, 1.807) is 0 Å². The van der Waals surface area contributed by atoms with E-state index in [2.05, 4.69) is 184 Å². The van der Waals surface area contributed by atoms with Crippen molar-refractivity contribution >= 4 is 0 Å². The van der Waals surface area contributed by atoms with Gasteiger partial charge < -0.3 is 0 Å². The lowest BCUT2D eigenvalue weighted by molar-refractivity contribution is 1.47. The lowest BCUT2D eigenvalue weighted by Crippen LogP contribution is -1.82. The van der Waals surface area contributed by atoms with E-state index in [0.29, 0.717) is 0 Å². The molecule has 0 bridgehead atoms. The summed E-state index contributed by atoms with van der Waals surface area (Å²) >= 11 is 0. The third-order valence-electron chi connectivity index (χ3n) is 7.97. The number of aryl methyl sites for hydroxylation is 2.